The van der Waals surface area contributed by atoms with Gasteiger partial charge in [0, 0.05) is 6.54 Å². The first-order valence-corrected chi connectivity index (χ1v) is 7.71. The van der Waals surface area contributed by atoms with Crippen molar-refractivity contribution < 1.29 is 9.47 Å². The third-order valence-electron chi connectivity index (χ3n) is 3.29. The van der Waals surface area contributed by atoms with Crippen LogP contribution < -0.4 is 14.8 Å². The number of nitrogens with one attached hydrogen (secondary N) is 1. The smallest absolute Gasteiger partial charge is 0.161 e. The van der Waals surface area contributed by atoms with Crippen molar-refractivity contribution in [3.05, 3.63) is 23.8 Å². The van der Waals surface area contributed by atoms with Crippen molar-refractivity contribution in [2.75, 3.05) is 20.3 Å². The molecular formula is C17H29NO2. The molecule has 0 aliphatic carbocycles. The molecule has 0 aromatic heterocycles. The van der Waals surface area contributed by atoms with Crippen molar-refractivity contribution in [1.29, 1.82) is 0 Å². The van der Waals surface area contributed by atoms with E-state index < -0.39 is 0 Å². The van der Waals surface area contributed by atoms with Crippen LogP contribution >= 0.6 is 0 Å². The van der Waals surface area contributed by atoms with Crippen LogP contribution in [0.15, 0.2) is 18.2 Å². The van der Waals surface area contributed by atoms with Gasteiger partial charge in [-0.3, -0.25) is 0 Å². The number of hydrogen-bond donors (Lipinski definition) is 1. The van der Waals surface area contributed by atoms with E-state index in [-0.39, 0.29) is 0 Å². The van der Waals surface area contributed by atoms with Crippen LogP contribution in [0.2, 0.25) is 0 Å². The van der Waals surface area contributed by atoms with Crippen molar-refractivity contribution in [2.24, 2.45) is 5.92 Å². The normalized spacial score (nSPS) is 12.2. The standard InChI is InChI=1S/C17H29NO2/c1-5-7-14(3)13-20-17-11-15(12-18-10-6-2)8-9-16(17)19-4/h8-9,11,14,18H,5-7,10,12-13H2,1-4H3. The molecule has 0 aliphatic rings. The van der Waals surface area contributed by atoms with Crippen LogP contribution in [0.25, 0.3) is 0 Å². The maximum atomic E-state index is 5.94. The molecule has 1 aromatic carbocycles. The van der Waals surface area contributed by atoms with Crippen LogP contribution in [-0.4, -0.2) is 20.3 Å². The first kappa shape index (κ1) is 16.8. The maximum absolute atomic E-state index is 5.94. The largest absolute Gasteiger partial charge is 0.493 e. The van der Waals surface area contributed by atoms with Crippen molar-refractivity contribution in [3.8, 4) is 11.5 Å². The second kappa shape index (κ2) is 9.65. The molecule has 3 nitrogen and oxygen atoms in total. The highest BCUT2D eigenvalue weighted by Gasteiger charge is 2.08. The number of rotatable bonds is 10. The van der Waals surface area contributed by atoms with Gasteiger partial charge in [0.25, 0.3) is 0 Å². The van der Waals surface area contributed by atoms with Gasteiger partial charge in [0.1, 0.15) is 0 Å². The van der Waals surface area contributed by atoms with Gasteiger partial charge in [-0.25, -0.2) is 0 Å². The fraction of sp³-hybridized carbons (Fsp3) is 0.647. The van der Waals surface area contributed by atoms with Crippen molar-refractivity contribution in [2.45, 2.75) is 46.6 Å². The quantitative estimate of drug-likeness (QED) is 0.656. The van der Waals surface area contributed by atoms with Gasteiger partial charge in [-0.15, -0.1) is 0 Å². The predicted octanol–water partition coefficient (Wildman–Crippen LogP) is 4.01. The molecule has 0 fully saturated rings. The number of hydrogen-bond acceptors (Lipinski definition) is 3. The molecule has 20 heavy (non-hydrogen) atoms. The third kappa shape index (κ3) is 5.83. The summed E-state index contributed by atoms with van der Waals surface area (Å²) < 4.78 is 11.3. The minimum absolute atomic E-state index is 0.576. The molecular weight excluding hydrogens is 250 g/mol. The van der Waals surface area contributed by atoms with E-state index >= 15 is 0 Å². The summed E-state index contributed by atoms with van der Waals surface area (Å²) in [6, 6.07) is 6.16. The third-order valence-corrected chi connectivity index (χ3v) is 3.29. The Labute approximate surface area is 123 Å². The summed E-state index contributed by atoms with van der Waals surface area (Å²) >= 11 is 0. The SMILES string of the molecule is CCCNCc1ccc(OC)c(OCC(C)CCC)c1. The summed E-state index contributed by atoms with van der Waals surface area (Å²) in [7, 11) is 1.69. The van der Waals surface area contributed by atoms with Gasteiger partial charge in [0.05, 0.1) is 13.7 Å². The van der Waals surface area contributed by atoms with Gasteiger partial charge in [-0.05, 0) is 43.0 Å². The zero-order chi connectivity index (χ0) is 14.8. The molecule has 1 N–H and O–H groups in total. The lowest BCUT2D eigenvalue weighted by molar-refractivity contribution is 0.240. The summed E-state index contributed by atoms with van der Waals surface area (Å²) in [6.45, 7) is 9.26. The Balaban J connectivity index is 2.63. The Bertz CT molecular complexity index is 379. The van der Waals surface area contributed by atoms with Crippen LogP contribution in [0, 0.1) is 5.92 Å². The number of ether oxygens (including phenoxy) is 2. The molecule has 1 atom stereocenters. The Morgan fingerprint density at radius 1 is 1.15 bits per heavy atom. The second-order valence-electron chi connectivity index (χ2n) is 5.37. The Morgan fingerprint density at radius 3 is 2.60 bits per heavy atom. The summed E-state index contributed by atoms with van der Waals surface area (Å²) in [6.07, 6.45) is 3.54. The van der Waals surface area contributed by atoms with Gasteiger partial charge < -0.3 is 14.8 Å². The molecule has 1 unspecified atom stereocenters. The Kier molecular flexibility index (Phi) is 8.12. The highest BCUT2D eigenvalue weighted by Crippen LogP contribution is 2.28. The fourth-order valence-electron chi connectivity index (χ4n) is 2.16. The first-order valence-electron chi connectivity index (χ1n) is 7.71. The number of methoxy groups -OCH3 is 1. The van der Waals surface area contributed by atoms with Gasteiger partial charge in [0.2, 0.25) is 0 Å². The van der Waals surface area contributed by atoms with E-state index in [1.807, 2.05) is 6.07 Å². The lowest BCUT2D eigenvalue weighted by Gasteiger charge is -2.15. The fourth-order valence-corrected chi connectivity index (χ4v) is 2.16. The molecule has 0 radical (unpaired) electrons. The molecule has 114 valence electrons. The van der Waals surface area contributed by atoms with E-state index in [4.69, 9.17) is 9.47 Å². The summed E-state index contributed by atoms with van der Waals surface area (Å²) in [5.41, 5.74) is 1.23. The highest BCUT2D eigenvalue weighted by molar-refractivity contribution is 5.42. The van der Waals surface area contributed by atoms with Gasteiger partial charge in [0.15, 0.2) is 11.5 Å². The van der Waals surface area contributed by atoms with Crippen molar-refractivity contribution in [3.63, 3.8) is 0 Å². The van der Waals surface area contributed by atoms with Crippen LogP contribution in [0.3, 0.4) is 0 Å². The molecule has 1 rings (SSSR count). The zero-order valence-electron chi connectivity index (χ0n) is 13.4. The van der Waals surface area contributed by atoms with Crippen molar-refractivity contribution >= 4 is 0 Å². The van der Waals surface area contributed by atoms with Gasteiger partial charge in [-0.2, -0.15) is 0 Å². The minimum Gasteiger partial charge on any atom is -0.493 e. The van der Waals surface area contributed by atoms with E-state index in [9.17, 15) is 0 Å². The first-order chi connectivity index (χ1) is 9.71. The summed E-state index contributed by atoms with van der Waals surface area (Å²) in [4.78, 5) is 0. The van der Waals surface area contributed by atoms with E-state index in [1.165, 1.54) is 18.4 Å². The second-order valence-corrected chi connectivity index (χ2v) is 5.37. The number of benzene rings is 1. The van der Waals surface area contributed by atoms with Gasteiger partial charge in [-0.1, -0.05) is 33.3 Å². The average Bonchev–Trinajstić information content (AvgIpc) is 2.46. The topological polar surface area (TPSA) is 30.5 Å². The van der Waals surface area contributed by atoms with E-state index in [1.54, 1.807) is 7.11 Å². The highest BCUT2D eigenvalue weighted by atomic mass is 16.5. The predicted molar refractivity (Wildman–Crippen MR) is 84.6 cm³/mol. The van der Waals surface area contributed by atoms with Gasteiger partial charge >= 0.3 is 0 Å². The molecule has 0 aliphatic heterocycles. The van der Waals surface area contributed by atoms with Crippen LogP contribution in [-0.2, 0) is 6.54 Å². The van der Waals surface area contributed by atoms with Crippen LogP contribution in [0.4, 0.5) is 0 Å². The average molecular weight is 279 g/mol. The summed E-state index contributed by atoms with van der Waals surface area (Å²) in [5.74, 6) is 2.24. The van der Waals surface area contributed by atoms with E-state index in [0.717, 1.165) is 37.6 Å². The minimum atomic E-state index is 0.576. The molecule has 0 bridgehead atoms. The molecule has 3 heteroatoms. The Morgan fingerprint density at radius 2 is 1.95 bits per heavy atom. The monoisotopic (exact) mass is 279 g/mol. The van der Waals surface area contributed by atoms with Crippen molar-refractivity contribution in [1.82, 2.24) is 5.32 Å². The molecule has 0 spiro atoms. The lowest BCUT2D eigenvalue weighted by atomic mass is 10.1. The maximum Gasteiger partial charge on any atom is 0.161 e. The Hall–Kier alpha value is -1.22. The zero-order valence-corrected chi connectivity index (χ0v) is 13.4. The molecule has 0 heterocycles. The van der Waals surface area contributed by atoms with Crippen LogP contribution in [0.1, 0.15) is 45.6 Å². The molecule has 1 aromatic rings. The van der Waals surface area contributed by atoms with E-state index in [0.29, 0.717) is 5.92 Å². The van der Waals surface area contributed by atoms with E-state index in [2.05, 4.69) is 38.2 Å². The molecule has 0 saturated carbocycles. The molecule has 0 saturated heterocycles. The molecule has 0 amide bonds. The lowest BCUT2D eigenvalue weighted by Crippen LogP contribution is -2.14. The van der Waals surface area contributed by atoms with Crippen LogP contribution in [0.5, 0.6) is 11.5 Å². The summed E-state index contributed by atoms with van der Waals surface area (Å²) in [5, 5.41) is 3.40.